The van der Waals surface area contributed by atoms with E-state index in [-0.39, 0.29) is 5.41 Å². The minimum atomic E-state index is 0.0156. The average molecular weight is 504 g/mol. The predicted octanol–water partition coefficient (Wildman–Crippen LogP) is 10.3. The molecule has 0 aliphatic rings. The summed E-state index contributed by atoms with van der Waals surface area (Å²) < 4.78 is 7.32. The van der Waals surface area contributed by atoms with E-state index in [0.29, 0.717) is 11.6 Å². The summed E-state index contributed by atoms with van der Waals surface area (Å²) in [6, 6.07) is 24.7. The topological polar surface area (TPSA) is 26.0 Å². The SMILES string of the molecule is Cc1coc2nc(-c3cc(C(C)(C)C)c4ccccc4c3)cc(-c3ccc4cc(CC(C)C)sc4c3)c12. The predicted molar refractivity (Wildman–Crippen MR) is 160 cm³/mol. The van der Waals surface area contributed by atoms with E-state index in [1.165, 1.54) is 42.4 Å². The number of fused-ring (bicyclic) bond motifs is 3. The molecule has 3 heterocycles. The molecule has 0 fully saturated rings. The molecule has 0 unspecified atom stereocenters. The number of aryl methyl sites for hydroxylation is 1. The summed E-state index contributed by atoms with van der Waals surface area (Å²) in [5, 5.41) is 4.96. The molecule has 0 aliphatic heterocycles. The molecule has 186 valence electrons. The van der Waals surface area contributed by atoms with E-state index in [9.17, 15) is 0 Å². The summed E-state index contributed by atoms with van der Waals surface area (Å²) in [6.45, 7) is 13.5. The summed E-state index contributed by atoms with van der Waals surface area (Å²) in [6.07, 6.45) is 2.95. The molecule has 0 N–H and O–H groups in total. The first-order valence-electron chi connectivity index (χ1n) is 13.1. The first-order chi connectivity index (χ1) is 17.7. The lowest BCUT2D eigenvalue weighted by atomic mass is 9.82. The highest BCUT2D eigenvalue weighted by Crippen LogP contribution is 2.40. The fourth-order valence-electron chi connectivity index (χ4n) is 5.40. The molecular weight excluding hydrogens is 470 g/mol. The molecule has 3 heteroatoms. The Hall–Kier alpha value is -3.43. The minimum Gasteiger partial charge on any atom is -0.446 e. The van der Waals surface area contributed by atoms with Crippen molar-refractivity contribution in [2.45, 2.75) is 53.4 Å². The van der Waals surface area contributed by atoms with Gasteiger partial charge in [0, 0.05) is 15.1 Å². The molecule has 0 atom stereocenters. The number of thiophene rings is 1. The van der Waals surface area contributed by atoms with Gasteiger partial charge in [0.2, 0.25) is 5.71 Å². The maximum absolute atomic E-state index is 5.98. The molecule has 0 spiro atoms. The largest absolute Gasteiger partial charge is 0.446 e. The van der Waals surface area contributed by atoms with Gasteiger partial charge in [0.25, 0.3) is 0 Å². The van der Waals surface area contributed by atoms with Gasteiger partial charge in [-0.2, -0.15) is 0 Å². The Morgan fingerprint density at radius 1 is 0.892 bits per heavy atom. The van der Waals surface area contributed by atoms with E-state index in [4.69, 9.17) is 9.40 Å². The van der Waals surface area contributed by atoms with Gasteiger partial charge in [-0.1, -0.05) is 71.0 Å². The zero-order valence-electron chi connectivity index (χ0n) is 22.5. The molecule has 6 aromatic rings. The molecule has 0 saturated carbocycles. The fourth-order valence-corrected chi connectivity index (χ4v) is 6.72. The van der Waals surface area contributed by atoms with Gasteiger partial charge in [0.15, 0.2) is 0 Å². The number of aromatic nitrogens is 1. The van der Waals surface area contributed by atoms with Crippen molar-refractivity contribution in [3.05, 3.63) is 89.0 Å². The van der Waals surface area contributed by atoms with Crippen LogP contribution in [0.3, 0.4) is 0 Å². The van der Waals surface area contributed by atoms with Crippen LogP contribution in [0, 0.1) is 12.8 Å². The molecule has 3 aromatic heterocycles. The van der Waals surface area contributed by atoms with Gasteiger partial charge in [-0.3, -0.25) is 0 Å². The van der Waals surface area contributed by atoms with Gasteiger partial charge in [-0.25, -0.2) is 4.98 Å². The Kier molecular flexibility index (Phi) is 5.72. The lowest BCUT2D eigenvalue weighted by Gasteiger charge is -2.23. The Balaban J connectivity index is 1.56. The van der Waals surface area contributed by atoms with Gasteiger partial charge >= 0.3 is 0 Å². The Labute approximate surface area is 223 Å². The molecule has 0 radical (unpaired) electrons. The third kappa shape index (κ3) is 4.36. The number of furan rings is 1. The first kappa shape index (κ1) is 23.9. The summed E-state index contributed by atoms with van der Waals surface area (Å²) in [5.74, 6) is 0.656. The van der Waals surface area contributed by atoms with Crippen LogP contribution in [-0.2, 0) is 11.8 Å². The molecule has 2 nitrogen and oxygen atoms in total. The second-order valence-corrected chi connectivity index (χ2v) is 12.9. The maximum Gasteiger partial charge on any atom is 0.227 e. The van der Waals surface area contributed by atoms with Gasteiger partial charge < -0.3 is 4.42 Å². The molecule has 0 amide bonds. The standard InChI is InChI=1S/C34H33NOS/c1-20(2)13-26-15-24-12-11-23(17-31(24)37-26)28-18-30(35-33-32(28)21(3)19-36-33)25-14-22-9-7-8-10-27(22)29(16-25)34(4,5)6/h7-12,14-20H,13H2,1-6H3. The van der Waals surface area contributed by atoms with E-state index in [2.05, 4.69) is 108 Å². The number of rotatable bonds is 4. The van der Waals surface area contributed by atoms with Crippen LogP contribution in [0.25, 0.3) is 54.3 Å². The van der Waals surface area contributed by atoms with Crippen LogP contribution in [0.1, 0.15) is 50.6 Å². The summed E-state index contributed by atoms with van der Waals surface area (Å²) in [4.78, 5) is 6.47. The first-order valence-corrected chi connectivity index (χ1v) is 13.9. The Morgan fingerprint density at radius 3 is 2.49 bits per heavy atom. The maximum atomic E-state index is 5.98. The van der Waals surface area contributed by atoms with E-state index < -0.39 is 0 Å². The van der Waals surface area contributed by atoms with Gasteiger partial charge in [0.05, 0.1) is 17.3 Å². The van der Waals surface area contributed by atoms with Crippen molar-refractivity contribution in [3.63, 3.8) is 0 Å². The molecule has 6 rings (SSSR count). The van der Waals surface area contributed by atoms with Crippen LogP contribution in [0.5, 0.6) is 0 Å². The Bertz CT molecular complexity index is 1780. The number of nitrogens with zero attached hydrogens (tertiary/aromatic N) is 1. The zero-order valence-corrected chi connectivity index (χ0v) is 23.3. The average Bonchev–Trinajstić information content (AvgIpc) is 3.43. The van der Waals surface area contributed by atoms with Crippen LogP contribution in [0.2, 0.25) is 0 Å². The van der Waals surface area contributed by atoms with Crippen LogP contribution in [-0.4, -0.2) is 4.98 Å². The van der Waals surface area contributed by atoms with Crippen molar-refractivity contribution in [1.82, 2.24) is 4.98 Å². The molecule has 37 heavy (non-hydrogen) atoms. The van der Waals surface area contributed by atoms with Gasteiger partial charge in [0.1, 0.15) is 0 Å². The van der Waals surface area contributed by atoms with Crippen LogP contribution < -0.4 is 0 Å². The van der Waals surface area contributed by atoms with Crippen molar-refractivity contribution in [2.24, 2.45) is 5.92 Å². The molecule has 0 saturated heterocycles. The molecule has 3 aromatic carbocycles. The zero-order chi connectivity index (χ0) is 25.9. The normalized spacial score (nSPS) is 12.4. The van der Waals surface area contributed by atoms with Crippen LogP contribution in [0.4, 0.5) is 0 Å². The molecular formula is C34H33NOS. The summed E-state index contributed by atoms with van der Waals surface area (Å²) >= 11 is 1.91. The lowest BCUT2D eigenvalue weighted by Crippen LogP contribution is -2.12. The molecule has 0 aliphatic carbocycles. The highest BCUT2D eigenvalue weighted by Gasteiger charge is 2.20. The quantitative estimate of drug-likeness (QED) is 0.239. The van der Waals surface area contributed by atoms with Crippen molar-refractivity contribution < 1.29 is 4.42 Å². The van der Waals surface area contributed by atoms with Crippen LogP contribution in [0.15, 0.2) is 77.4 Å². The van der Waals surface area contributed by atoms with E-state index in [1.807, 2.05) is 17.6 Å². The minimum absolute atomic E-state index is 0.0156. The van der Waals surface area contributed by atoms with Crippen LogP contribution >= 0.6 is 11.3 Å². The third-order valence-corrected chi connectivity index (χ3v) is 8.31. The molecule has 0 bridgehead atoms. The van der Waals surface area contributed by atoms with E-state index >= 15 is 0 Å². The smallest absolute Gasteiger partial charge is 0.227 e. The van der Waals surface area contributed by atoms with E-state index in [0.717, 1.165) is 28.6 Å². The Morgan fingerprint density at radius 2 is 1.70 bits per heavy atom. The number of benzene rings is 3. The highest BCUT2D eigenvalue weighted by molar-refractivity contribution is 7.19. The van der Waals surface area contributed by atoms with E-state index in [1.54, 1.807) is 0 Å². The van der Waals surface area contributed by atoms with Crippen molar-refractivity contribution in [2.75, 3.05) is 0 Å². The number of hydrogen-bond acceptors (Lipinski definition) is 3. The van der Waals surface area contributed by atoms with Gasteiger partial charge in [-0.05, 0) is 93.4 Å². The van der Waals surface area contributed by atoms with Crippen molar-refractivity contribution in [3.8, 4) is 22.4 Å². The number of pyridine rings is 1. The second-order valence-electron chi connectivity index (χ2n) is 11.7. The van der Waals surface area contributed by atoms with Crippen molar-refractivity contribution in [1.29, 1.82) is 0 Å². The third-order valence-electron chi connectivity index (χ3n) is 7.19. The number of hydrogen-bond donors (Lipinski definition) is 0. The fraction of sp³-hybridized carbons (Fsp3) is 0.265. The summed E-state index contributed by atoms with van der Waals surface area (Å²) in [7, 11) is 0. The summed E-state index contributed by atoms with van der Waals surface area (Å²) in [5.41, 5.74) is 7.61. The highest BCUT2D eigenvalue weighted by atomic mass is 32.1. The van der Waals surface area contributed by atoms with Crippen molar-refractivity contribution >= 4 is 43.3 Å². The second kappa shape index (κ2) is 8.85. The lowest BCUT2D eigenvalue weighted by molar-refractivity contribution is 0.596. The monoisotopic (exact) mass is 503 g/mol. The van der Waals surface area contributed by atoms with Gasteiger partial charge in [-0.15, -0.1) is 11.3 Å².